The van der Waals surface area contributed by atoms with Crippen molar-refractivity contribution in [1.82, 2.24) is 14.3 Å². The molecule has 1 N–H and O–H groups in total. The number of piperazine rings is 1. The zero-order valence-corrected chi connectivity index (χ0v) is 23.2. The Morgan fingerprint density at radius 1 is 1.05 bits per heavy atom. The number of amides is 1. The lowest BCUT2D eigenvalue weighted by Gasteiger charge is -2.39. The summed E-state index contributed by atoms with van der Waals surface area (Å²) in [5, 5.41) is 3.29. The number of halogens is 1. The van der Waals surface area contributed by atoms with Crippen molar-refractivity contribution in [3.63, 3.8) is 0 Å². The van der Waals surface area contributed by atoms with Crippen LogP contribution in [-0.4, -0.2) is 58.2 Å². The number of hydrogen-bond acceptors (Lipinski definition) is 5. The van der Waals surface area contributed by atoms with Crippen molar-refractivity contribution in [2.45, 2.75) is 39.2 Å². The fraction of sp³-hybridized carbons (Fsp3) is 0.323. The van der Waals surface area contributed by atoms with Gasteiger partial charge in [-0.3, -0.25) is 14.5 Å². The summed E-state index contributed by atoms with van der Waals surface area (Å²) in [6, 6.07) is 11.9. The minimum atomic E-state index is -0.718. The molecule has 4 heterocycles. The molecule has 1 amide bonds. The van der Waals surface area contributed by atoms with Gasteiger partial charge in [0.1, 0.15) is 11.5 Å². The van der Waals surface area contributed by atoms with Crippen LogP contribution in [0.5, 0.6) is 0 Å². The second-order valence-corrected chi connectivity index (χ2v) is 10.3. The first-order chi connectivity index (χ1) is 19.0. The maximum atomic E-state index is 13.6. The van der Waals surface area contributed by atoms with E-state index in [0.29, 0.717) is 34.4 Å². The minimum absolute atomic E-state index is 0.292. The fourth-order valence-electron chi connectivity index (χ4n) is 5.49. The Balaban J connectivity index is 1.32. The highest BCUT2D eigenvalue weighted by Crippen LogP contribution is 2.33. The monoisotopic (exact) mass is 543 g/mol. The van der Waals surface area contributed by atoms with Crippen LogP contribution in [0.25, 0.3) is 11.1 Å². The van der Waals surface area contributed by atoms with Gasteiger partial charge >= 0.3 is 0 Å². The van der Waals surface area contributed by atoms with E-state index < -0.39 is 11.7 Å². The van der Waals surface area contributed by atoms with Crippen molar-refractivity contribution in [3.8, 4) is 0 Å². The third kappa shape index (κ3) is 5.70. The van der Waals surface area contributed by atoms with Gasteiger partial charge in [0.2, 0.25) is 0 Å². The molecule has 1 aliphatic heterocycles. The molecule has 39 heavy (non-hydrogen) atoms. The maximum absolute atomic E-state index is 13.6. The Bertz CT molecular complexity index is 1440. The van der Waals surface area contributed by atoms with E-state index in [1.165, 1.54) is 12.8 Å². The minimum Gasteiger partial charge on any atom is -0.354 e. The van der Waals surface area contributed by atoms with Crippen LogP contribution in [0.2, 0.25) is 0 Å². The highest BCUT2D eigenvalue weighted by Gasteiger charge is 2.27. The SMILES string of the molecule is CCC(CC)N1CCN(c2ccc(NC(=O)C(=O)c3c(C4=C(Cl)C=CC=CC4)cc4ccccn34)cn2)CC1. The molecule has 2 aliphatic rings. The lowest BCUT2D eigenvalue weighted by atomic mass is 10.0. The van der Waals surface area contributed by atoms with E-state index in [0.717, 1.165) is 43.1 Å². The van der Waals surface area contributed by atoms with Crippen LogP contribution >= 0.6 is 11.6 Å². The molecule has 0 aromatic carbocycles. The summed E-state index contributed by atoms with van der Waals surface area (Å²) in [5.74, 6) is -0.476. The number of aromatic nitrogens is 2. The quantitative estimate of drug-likeness (QED) is 0.281. The number of nitrogens with one attached hydrogen (secondary N) is 1. The molecular weight excluding hydrogens is 510 g/mol. The molecule has 3 aromatic heterocycles. The first-order valence-corrected chi connectivity index (χ1v) is 14.0. The normalized spacial score (nSPS) is 16.3. The van der Waals surface area contributed by atoms with E-state index in [-0.39, 0.29) is 0 Å². The largest absolute Gasteiger partial charge is 0.354 e. The Morgan fingerprint density at radius 2 is 1.85 bits per heavy atom. The molecule has 0 radical (unpaired) electrons. The standard InChI is InChI=1S/C31H34ClN5O2/c1-3-23(4-2)35-16-18-36(19-17-35)28-14-13-22(21-33-28)34-31(39)30(38)29-26(20-24-10-8-9-15-37(24)29)25-11-6-5-7-12-27(25)32/h5-10,12-15,20-21,23H,3-4,11,16-19H2,1-2H3,(H,34,39). The topological polar surface area (TPSA) is 70.0 Å². The number of allylic oxidation sites excluding steroid dienone is 6. The lowest BCUT2D eigenvalue weighted by molar-refractivity contribution is -0.112. The zero-order valence-electron chi connectivity index (χ0n) is 22.4. The Labute approximate surface area is 234 Å². The van der Waals surface area contributed by atoms with Gasteiger partial charge in [0, 0.05) is 54.5 Å². The van der Waals surface area contributed by atoms with E-state index in [2.05, 4.69) is 33.9 Å². The van der Waals surface area contributed by atoms with Crippen molar-refractivity contribution in [1.29, 1.82) is 0 Å². The summed E-state index contributed by atoms with van der Waals surface area (Å²) in [6.07, 6.45) is 13.9. The van der Waals surface area contributed by atoms with E-state index in [9.17, 15) is 9.59 Å². The van der Waals surface area contributed by atoms with Crippen LogP contribution in [0.4, 0.5) is 11.5 Å². The average Bonchev–Trinajstić information content (AvgIpc) is 3.21. The highest BCUT2D eigenvalue weighted by molar-refractivity contribution is 6.47. The first-order valence-electron chi connectivity index (χ1n) is 13.6. The smallest absolute Gasteiger partial charge is 0.298 e. The van der Waals surface area contributed by atoms with Gasteiger partial charge in [0.25, 0.3) is 11.7 Å². The molecule has 5 rings (SSSR count). The van der Waals surface area contributed by atoms with Gasteiger partial charge < -0.3 is 14.6 Å². The van der Waals surface area contributed by atoms with Gasteiger partial charge in [-0.25, -0.2) is 4.98 Å². The molecule has 0 unspecified atom stereocenters. The van der Waals surface area contributed by atoms with Crippen molar-refractivity contribution >= 4 is 45.9 Å². The first kappa shape index (κ1) is 26.9. The van der Waals surface area contributed by atoms with E-state index in [1.807, 2.05) is 48.6 Å². The van der Waals surface area contributed by atoms with Crippen molar-refractivity contribution in [3.05, 3.63) is 89.4 Å². The van der Waals surface area contributed by atoms with Gasteiger partial charge in [0.05, 0.1) is 11.9 Å². The van der Waals surface area contributed by atoms with Crippen LogP contribution in [-0.2, 0) is 4.79 Å². The third-order valence-electron chi connectivity index (χ3n) is 7.63. The lowest BCUT2D eigenvalue weighted by Crippen LogP contribution is -2.50. The number of carbonyl (C=O) groups is 2. The summed E-state index contributed by atoms with van der Waals surface area (Å²) < 4.78 is 1.75. The Morgan fingerprint density at radius 3 is 2.56 bits per heavy atom. The number of anilines is 2. The summed E-state index contributed by atoms with van der Waals surface area (Å²) in [5.41, 5.74) is 3.04. The second-order valence-electron chi connectivity index (χ2n) is 9.90. The summed E-state index contributed by atoms with van der Waals surface area (Å²) in [6.45, 7) is 8.36. The summed E-state index contributed by atoms with van der Waals surface area (Å²) in [4.78, 5) is 36.2. The predicted octanol–water partition coefficient (Wildman–Crippen LogP) is 5.93. The van der Waals surface area contributed by atoms with Gasteiger partial charge in [-0.15, -0.1) is 0 Å². The van der Waals surface area contributed by atoms with Crippen LogP contribution in [0.15, 0.2) is 78.1 Å². The molecule has 0 atom stereocenters. The molecule has 1 fully saturated rings. The molecular formula is C31H34ClN5O2. The number of carbonyl (C=O) groups excluding carboxylic acids is 2. The molecule has 3 aromatic rings. The van der Waals surface area contributed by atoms with Gasteiger partial charge in [0.15, 0.2) is 0 Å². The molecule has 0 bridgehead atoms. The number of Topliss-reactive ketones (excluding diaryl/α,β-unsaturated/α-hetero) is 1. The summed E-state index contributed by atoms with van der Waals surface area (Å²) in [7, 11) is 0. The Kier molecular flexibility index (Phi) is 8.29. The number of rotatable bonds is 8. The predicted molar refractivity (Wildman–Crippen MR) is 158 cm³/mol. The van der Waals surface area contributed by atoms with Crippen LogP contribution in [0.1, 0.15) is 49.2 Å². The van der Waals surface area contributed by atoms with Crippen molar-refractivity contribution in [2.75, 3.05) is 36.4 Å². The van der Waals surface area contributed by atoms with Gasteiger partial charge in [-0.05, 0) is 61.2 Å². The highest BCUT2D eigenvalue weighted by atomic mass is 35.5. The molecule has 0 saturated carbocycles. The van der Waals surface area contributed by atoms with E-state index >= 15 is 0 Å². The van der Waals surface area contributed by atoms with Crippen LogP contribution < -0.4 is 10.2 Å². The van der Waals surface area contributed by atoms with Crippen LogP contribution in [0.3, 0.4) is 0 Å². The van der Waals surface area contributed by atoms with Crippen LogP contribution in [0, 0.1) is 0 Å². The van der Waals surface area contributed by atoms with Crippen molar-refractivity contribution < 1.29 is 9.59 Å². The summed E-state index contributed by atoms with van der Waals surface area (Å²) >= 11 is 6.57. The number of nitrogens with zero attached hydrogens (tertiary/aromatic N) is 4. The molecule has 1 saturated heterocycles. The number of hydrogen-bond donors (Lipinski definition) is 1. The fourth-order valence-corrected chi connectivity index (χ4v) is 5.74. The molecule has 8 heteroatoms. The maximum Gasteiger partial charge on any atom is 0.298 e. The zero-order chi connectivity index (χ0) is 27.4. The van der Waals surface area contributed by atoms with Crippen molar-refractivity contribution in [2.24, 2.45) is 0 Å². The van der Waals surface area contributed by atoms with E-state index in [4.69, 9.17) is 11.6 Å². The molecule has 7 nitrogen and oxygen atoms in total. The number of pyridine rings is 2. The Hall–Kier alpha value is -3.68. The number of fused-ring (bicyclic) bond motifs is 1. The molecule has 0 spiro atoms. The van der Waals surface area contributed by atoms with E-state index in [1.54, 1.807) is 28.9 Å². The molecule has 1 aliphatic carbocycles. The average molecular weight is 544 g/mol. The molecule has 202 valence electrons. The second kappa shape index (κ2) is 12.0. The van der Waals surface area contributed by atoms with Gasteiger partial charge in [-0.2, -0.15) is 0 Å². The van der Waals surface area contributed by atoms with Gasteiger partial charge in [-0.1, -0.05) is 49.7 Å². The number of ketones is 1. The third-order valence-corrected chi connectivity index (χ3v) is 7.98.